The van der Waals surface area contributed by atoms with Gasteiger partial charge in [-0.3, -0.25) is 14.4 Å². The second-order valence-corrected chi connectivity index (χ2v) is 10.2. The number of aliphatic carboxylic acids is 2. The van der Waals surface area contributed by atoms with E-state index in [1.807, 2.05) is 0 Å². The molecule has 0 unspecified atom stereocenters. The lowest BCUT2D eigenvalue weighted by Crippen LogP contribution is -2.39. The van der Waals surface area contributed by atoms with Gasteiger partial charge in [0.25, 0.3) is 5.91 Å². The summed E-state index contributed by atoms with van der Waals surface area (Å²) in [5.74, 6) is -4.75. The van der Waals surface area contributed by atoms with Crippen molar-refractivity contribution in [3.63, 3.8) is 0 Å². The molecule has 0 fully saturated rings. The van der Waals surface area contributed by atoms with Crippen molar-refractivity contribution in [3.05, 3.63) is 29.3 Å². The van der Waals surface area contributed by atoms with Gasteiger partial charge in [0.05, 0.1) is 12.2 Å². The summed E-state index contributed by atoms with van der Waals surface area (Å²) in [6.45, 7) is 0.955. The molecular weight excluding hydrogens is 502 g/mol. The Labute approximate surface area is 232 Å². The van der Waals surface area contributed by atoms with E-state index in [1.165, 1.54) is 95.6 Å². The number of aromatic carboxylic acids is 1. The van der Waals surface area contributed by atoms with E-state index in [2.05, 4.69) is 6.92 Å². The number of ether oxygens (including phenoxy) is 1. The average Bonchev–Trinajstić information content (AvgIpc) is 2.89. The van der Waals surface area contributed by atoms with Crippen molar-refractivity contribution in [2.75, 3.05) is 19.7 Å². The summed E-state index contributed by atoms with van der Waals surface area (Å²) in [5.41, 5.74) is -0.340. The van der Waals surface area contributed by atoms with Gasteiger partial charge in [0.15, 0.2) is 0 Å². The fraction of sp³-hybridized carbons (Fsp3) is 0.667. The molecule has 1 aromatic rings. The standard InChI is InChI=1S/C30H47NO8/c1-2-3-4-5-6-7-8-9-10-11-12-13-14-15-16-17-18-39-26-20-24(19-25(21-26)30(37)38)29(36)31(22-27(32)33)23-28(34)35/h19-21H,2-18,22-23H2,1H3,(H,32,33)(H,34,35)(H,37,38). The third kappa shape index (κ3) is 16.5. The van der Waals surface area contributed by atoms with E-state index in [9.17, 15) is 24.3 Å². The number of benzene rings is 1. The number of carboxylic acid groups (broad SMARTS) is 3. The summed E-state index contributed by atoms with van der Waals surface area (Å²) in [4.78, 5) is 47.0. The van der Waals surface area contributed by atoms with Crippen LogP contribution in [0, 0.1) is 0 Å². The minimum Gasteiger partial charge on any atom is -0.494 e. The van der Waals surface area contributed by atoms with Gasteiger partial charge in [-0.1, -0.05) is 103 Å². The fourth-order valence-corrected chi connectivity index (χ4v) is 4.48. The van der Waals surface area contributed by atoms with Crippen molar-refractivity contribution in [2.24, 2.45) is 0 Å². The lowest BCUT2D eigenvalue weighted by Gasteiger charge is -2.19. The summed E-state index contributed by atoms with van der Waals surface area (Å²) < 4.78 is 5.68. The molecule has 0 aliphatic rings. The lowest BCUT2D eigenvalue weighted by atomic mass is 10.0. The smallest absolute Gasteiger partial charge is 0.335 e. The molecule has 0 atom stereocenters. The van der Waals surface area contributed by atoms with Gasteiger partial charge < -0.3 is 25.0 Å². The molecule has 0 bridgehead atoms. The Morgan fingerprint density at radius 3 is 1.44 bits per heavy atom. The first-order valence-electron chi connectivity index (χ1n) is 14.5. The van der Waals surface area contributed by atoms with E-state index in [1.54, 1.807) is 0 Å². The van der Waals surface area contributed by atoms with Crippen LogP contribution in [0.4, 0.5) is 0 Å². The third-order valence-electron chi connectivity index (χ3n) is 6.61. The molecule has 0 radical (unpaired) electrons. The van der Waals surface area contributed by atoms with E-state index >= 15 is 0 Å². The Morgan fingerprint density at radius 1 is 0.615 bits per heavy atom. The number of hydrogen-bond acceptors (Lipinski definition) is 5. The molecule has 220 valence electrons. The number of carbonyl (C=O) groups excluding carboxylic acids is 1. The van der Waals surface area contributed by atoms with Gasteiger partial charge in [-0.2, -0.15) is 0 Å². The van der Waals surface area contributed by atoms with Crippen LogP contribution in [0.3, 0.4) is 0 Å². The van der Waals surface area contributed by atoms with Crippen LogP contribution in [0.2, 0.25) is 0 Å². The first-order chi connectivity index (χ1) is 18.7. The topological polar surface area (TPSA) is 141 Å². The highest BCUT2D eigenvalue weighted by Gasteiger charge is 2.23. The highest BCUT2D eigenvalue weighted by molar-refractivity contribution is 6.00. The molecule has 0 heterocycles. The van der Waals surface area contributed by atoms with Gasteiger partial charge in [-0.05, 0) is 24.6 Å². The van der Waals surface area contributed by atoms with Crippen LogP contribution in [0.1, 0.15) is 130 Å². The Bertz CT molecular complexity index is 870. The molecule has 3 N–H and O–H groups in total. The maximum Gasteiger partial charge on any atom is 0.335 e. The van der Waals surface area contributed by atoms with Crippen molar-refractivity contribution in [3.8, 4) is 5.75 Å². The monoisotopic (exact) mass is 549 g/mol. The second-order valence-electron chi connectivity index (χ2n) is 10.2. The molecule has 0 aliphatic heterocycles. The van der Waals surface area contributed by atoms with Crippen molar-refractivity contribution in [1.29, 1.82) is 0 Å². The Morgan fingerprint density at radius 2 is 1.03 bits per heavy atom. The Kier molecular flexibility index (Phi) is 18.1. The minimum absolute atomic E-state index is 0.139. The second kappa shape index (κ2) is 20.8. The molecule has 1 amide bonds. The molecule has 39 heavy (non-hydrogen) atoms. The zero-order valence-electron chi connectivity index (χ0n) is 23.5. The molecule has 0 spiro atoms. The van der Waals surface area contributed by atoms with Gasteiger partial charge in [-0.15, -0.1) is 0 Å². The maximum absolute atomic E-state index is 12.7. The van der Waals surface area contributed by atoms with Crippen LogP contribution in [0.5, 0.6) is 5.75 Å². The lowest BCUT2D eigenvalue weighted by molar-refractivity contribution is -0.140. The number of amides is 1. The summed E-state index contributed by atoms with van der Waals surface area (Å²) in [5, 5.41) is 27.4. The molecule has 0 aromatic heterocycles. The SMILES string of the molecule is CCCCCCCCCCCCCCCCCCOc1cc(C(=O)O)cc(C(=O)N(CC(=O)O)CC(=O)O)c1. The van der Waals surface area contributed by atoms with E-state index in [-0.39, 0.29) is 16.9 Å². The molecule has 9 nitrogen and oxygen atoms in total. The Hall–Kier alpha value is -3.10. The first-order valence-corrected chi connectivity index (χ1v) is 14.5. The van der Waals surface area contributed by atoms with Crippen LogP contribution in [-0.4, -0.2) is 63.7 Å². The molecule has 0 saturated carbocycles. The fourth-order valence-electron chi connectivity index (χ4n) is 4.48. The predicted molar refractivity (Wildman–Crippen MR) is 150 cm³/mol. The summed E-state index contributed by atoms with van der Waals surface area (Å²) >= 11 is 0. The van der Waals surface area contributed by atoms with Gasteiger partial charge >= 0.3 is 17.9 Å². The predicted octanol–water partition coefficient (Wildman–Crippen LogP) is 6.64. The normalized spacial score (nSPS) is 10.8. The van der Waals surface area contributed by atoms with Crippen LogP contribution < -0.4 is 4.74 Å². The van der Waals surface area contributed by atoms with Crippen molar-refractivity contribution >= 4 is 23.8 Å². The van der Waals surface area contributed by atoms with Gasteiger partial charge in [-0.25, -0.2) is 4.79 Å². The van der Waals surface area contributed by atoms with E-state index in [0.717, 1.165) is 25.3 Å². The number of carbonyl (C=O) groups is 4. The molecule has 1 rings (SSSR count). The number of carboxylic acids is 3. The summed E-state index contributed by atoms with van der Waals surface area (Å²) in [7, 11) is 0. The molecule has 1 aromatic carbocycles. The number of unbranched alkanes of at least 4 members (excludes halogenated alkanes) is 15. The highest BCUT2D eigenvalue weighted by Crippen LogP contribution is 2.20. The van der Waals surface area contributed by atoms with Gasteiger partial charge in [0.2, 0.25) is 0 Å². The molecule has 0 saturated heterocycles. The van der Waals surface area contributed by atoms with Crippen molar-refractivity contribution < 1.29 is 39.2 Å². The average molecular weight is 550 g/mol. The molecule has 0 aliphatic carbocycles. The van der Waals surface area contributed by atoms with Crippen LogP contribution >= 0.6 is 0 Å². The third-order valence-corrected chi connectivity index (χ3v) is 6.61. The minimum atomic E-state index is -1.38. The van der Waals surface area contributed by atoms with Crippen LogP contribution in [-0.2, 0) is 9.59 Å². The van der Waals surface area contributed by atoms with Crippen LogP contribution in [0.15, 0.2) is 18.2 Å². The number of nitrogens with zero attached hydrogens (tertiary/aromatic N) is 1. The maximum atomic E-state index is 12.7. The van der Waals surface area contributed by atoms with Gasteiger partial charge in [0, 0.05) is 5.56 Å². The summed E-state index contributed by atoms with van der Waals surface area (Å²) in [6, 6.07) is 3.70. The first kappa shape index (κ1) is 33.9. The zero-order chi connectivity index (χ0) is 28.9. The Balaban J connectivity index is 2.32. The zero-order valence-corrected chi connectivity index (χ0v) is 23.5. The largest absolute Gasteiger partial charge is 0.494 e. The summed E-state index contributed by atoms with van der Waals surface area (Å²) in [6.07, 6.45) is 20.1. The van der Waals surface area contributed by atoms with Crippen molar-refractivity contribution in [1.82, 2.24) is 4.90 Å². The van der Waals surface area contributed by atoms with Crippen LogP contribution in [0.25, 0.3) is 0 Å². The highest BCUT2D eigenvalue weighted by atomic mass is 16.5. The van der Waals surface area contributed by atoms with E-state index in [0.29, 0.717) is 11.5 Å². The van der Waals surface area contributed by atoms with E-state index in [4.69, 9.17) is 14.9 Å². The molecular formula is C30H47NO8. The van der Waals surface area contributed by atoms with Crippen molar-refractivity contribution in [2.45, 2.75) is 110 Å². The molecule has 9 heteroatoms. The quantitative estimate of drug-likeness (QED) is 0.122. The van der Waals surface area contributed by atoms with Gasteiger partial charge in [0.1, 0.15) is 18.8 Å². The number of rotatable bonds is 24. The van der Waals surface area contributed by atoms with E-state index < -0.39 is 36.9 Å². The number of hydrogen-bond donors (Lipinski definition) is 3.